The SMILES string of the molecule is CCc1ccccc1Nc1ncc(C)c(-c2c[nH]c(C(=O)NC(CO)c3ccccc3)c2)n1. The van der Waals surface area contributed by atoms with Crippen molar-refractivity contribution in [2.75, 3.05) is 11.9 Å². The average Bonchev–Trinajstić information content (AvgIpc) is 3.35. The van der Waals surface area contributed by atoms with Crippen LogP contribution in [0.4, 0.5) is 11.6 Å². The number of carbonyl (C=O) groups is 1. The first kappa shape index (κ1) is 22.2. The predicted molar refractivity (Wildman–Crippen MR) is 129 cm³/mol. The molecule has 0 aliphatic rings. The molecule has 168 valence electrons. The Morgan fingerprint density at radius 1 is 1.12 bits per heavy atom. The van der Waals surface area contributed by atoms with Gasteiger partial charge in [0.05, 0.1) is 18.3 Å². The van der Waals surface area contributed by atoms with Gasteiger partial charge in [0.2, 0.25) is 5.95 Å². The standard InChI is InChI=1S/C26H27N5O2/c1-3-18-9-7-8-12-21(18)30-26-28-14-17(2)24(31-26)20-13-22(27-15-20)25(33)29-23(16-32)19-10-5-4-6-11-19/h4-15,23,27,32H,3,16H2,1-2H3,(H,29,33)(H,28,30,31). The van der Waals surface area contributed by atoms with Gasteiger partial charge in [0.25, 0.3) is 5.91 Å². The Balaban J connectivity index is 1.54. The molecule has 1 amide bonds. The topological polar surface area (TPSA) is 103 Å². The lowest BCUT2D eigenvalue weighted by molar-refractivity contribution is 0.0912. The molecule has 1 atom stereocenters. The zero-order valence-corrected chi connectivity index (χ0v) is 18.7. The molecule has 4 aromatic rings. The molecule has 0 fully saturated rings. The van der Waals surface area contributed by atoms with Crippen LogP contribution in [-0.4, -0.2) is 32.6 Å². The molecule has 1 unspecified atom stereocenters. The molecule has 0 radical (unpaired) electrons. The fourth-order valence-electron chi connectivity index (χ4n) is 3.68. The Labute approximate surface area is 192 Å². The molecular weight excluding hydrogens is 414 g/mol. The summed E-state index contributed by atoms with van der Waals surface area (Å²) in [6.07, 6.45) is 4.42. The number of aliphatic hydroxyl groups is 1. The Morgan fingerprint density at radius 2 is 1.88 bits per heavy atom. The Bertz CT molecular complexity index is 1240. The number of para-hydroxylation sites is 1. The number of hydrogen-bond acceptors (Lipinski definition) is 5. The third-order valence-corrected chi connectivity index (χ3v) is 5.51. The second-order valence-corrected chi connectivity index (χ2v) is 7.78. The largest absolute Gasteiger partial charge is 0.394 e. The summed E-state index contributed by atoms with van der Waals surface area (Å²) in [5, 5.41) is 15.9. The first-order valence-electron chi connectivity index (χ1n) is 10.9. The van der Waals surface area contributed by atoms with E-state index in [2.05, 4.69) is 33.6 Å². The van der Waals surface area contributed by atoms with Crippen molar-refractivity contribution >= 4 is 17.5 Å². The Hall–Kier alpha value is -3.97. The number of aromatic nitrogens is 3. The molecule has 0 spiro atoms. The van der Waals surface area contributed by atoms with Gasteiger partial charge < -0.3 is 20.7 Å². The number of H-pyrrole nitrogens is 1. The van der Waals surface area contributed by atoms with Crippen LogP contribution in [0.15, 0.2) is 73.1 Å². The van der Waals surface area contributed by atoms with Crippen molar-refractivity contribution in [1.29, 1.82) is 0 Å². The minimum Gasteiger partial charge on any atom is -0.394 e. The molecule has 4 rings (SSSR count). The lowest BCUT2D eigenvalue weighted by Crippen LogP contribution is -2.30. The normalized spacial score (nSPS) is 11.7. The number of amides is 1. The summed E-state index contributed by atoms with van der Waals surface area (Å²) in [5.74, 6) is 0.194. The highest BCUT2D eigenvalue weighted by molar-refractivity contribution is 5.94. The van der Waals surface area contributed by atoms with Gasteiger partial charge >= 0.3 is 0 Å². The van der Waals surface area contributed by atoms with E-state index in [-0.39, 0.29) is 12.5 Å². The van der Waals surface area contributed by atoms with Crippen molar-refractivity contribution in [1.82, 2.24) is 20.3 Å². The van der Waals surface area contributed by atoms with Gasteiger partial charge in [0.15, 0.2) is 0 Å². The summed E-state index contributed by atoms with van der Waals surface area (Å²) in [6, 6.07) is 18.7. The summed E-state index contributed by atoms with van der Waals surface area (Å²) in [7, 11) is 0. The number of benzene rings is 2. The van der Waals surface area contributed by atoms with Crippen LogP contribution in [0.5, 0.6) is 0 Å². The lowest BCUT2D eigenvalue weighted by Gasteiger charge is -2.16. The van der Waals surface area contributed by atoms with E-state index in [1.165, 1.54) is 5.56 Å². The minimum atomic E-state index is -0.485. The van der Waals surface area contributed by atoms with E-state index in [9.17, 15) is 9.90 Å². The number of hydrogen-bond donors (Lipinski definition) is 4. The zero-order chi connectivity index (χ0) is 23.2. The molecular formula is C26H27N5O2. The van der Waals surface area contributed by atoms with Gasteiger partial charge in [-0.2, -0.15) is 0 Å². The van der Waals surface area contributed by atoms with Crippen molar-refractivity contribution in [3.63, 3.8) is 0 Å². The summed E-state index contributed by atoms with van der Waals surface area (Å²) >= 11 is 0. The van der Waals surface area contributed by atoms with Crippen LogP contribution in [0.1, 0.15) is 40.1 Å². The van der Waals surface area contributed by atoms with E-state index < -0.39 is 6.04 Å². The van der Waals surface area contributed by atoms with Gasteiger partial charge in [0, 0.05) is 23.6 Å². The molecule has 0 bridgehead atoms. The summed E-state index contributed by atoms with van der Waals surface area (Å²) in [5.41, 5.74) is 5.80. The maximum Gasteiger partial charge on any atom is 0.268 e. The molecule has 0 saturated carbocycles. The molecule has 0 aliphatic heterocycles. The number of rotatable bonds is 8. The molecule has 7 heteroatoms. The molecule has 2 aromatic carbocycles. The van der Waals surface area contributed by atoms with Crippen molar-refractivity contribution in [2.45, 2.75) is 26.3 Å². The van der Waals surface area contributed by atoms with Crippen LogP contribution >= 0.6 is 0 Å². The van der Waals surface area contributed by atoms with E-state index in [0.717, 1.165) is 34.5 Å². The van der Waals surface area contributed by atoms with E-state index in [1.54, 1.807) is 18.5 Å². The van der Waals surface area contributed by atoms with Crippen LogP contribution in [-0.2, 0) is 6.42 Å². The molecule has 33 heavy (non-hydrogen) atoms. The summed E-state index contributed by atoms with van der Waals surface area (Å²) < 4.78 is 0. The monoisotopic (exact) mass is 441 g/mol. The Kier molecular flexibility index (Phi) is 6.80. The van der Waals surface area contributed by atoms with Crippen molar-refractivity contribution < 1.29 is 9.90 Å². The Morgan fingerprint density at radius 3 is 2.64 bits per heavy atom. The van der Waals surface area contributed by atoms with E-state index in [0.29, 0.717) is 11.6 Å². The number of aromatic amines is 1. The first-order valence-corrected chi connectivity index (χ1v) is 10.9. The second-order valence-electron chi connectivity index (χ2n) is 7.78. The number of aliphatic hydroxyl groups excluding tert-OH is 1. The highest BCUT2D eigenvalue weighted by atomic mass is 16.3. The average molecular weight is 442 g/mol. The quantitative estimate of drug-likeness (QED) is 0.321. The van der Waals surface area contributed by atoms with E-state index >= 15 is 0 Å². The maximum absolute atomic E-state index is 12.8. The smallest absolute Gasteiger partial charge is 0.268 e. The predicted octanol–water partition coefficient (Wildman–Crippen LogP) is 4.55. The van der Waals surface area contributed by atoms with Gasteiger partial charge in [0.1, 0.15) is 5.69 Å². The molecule has 7 nitrogen and oxygen atoms in total. The minimum absolute atomic E-state index is 0.192. The highest BCUT2D eigenvalue weighted by Gasteiger charge is 2.17. The number of nitrogens with zero attached hydrogens (tertiary/aromatic N) is 2. The van der Waals surface area contributed by atoms with Crippen molar-refractivity contribution in [2.24, 2.45) is 0 Å². The van der Waals surface area contributed by atoms with Gasteiger partial charge in [-0.05, 0) is 42.2 Å². The van der Waals surface area contributed by atoms with Crippen molar-refractivity contribution in [3.05, 3.63) is 95.4 Å². The molecule has 2 heterocycles. The highest BCUT2D eigenvalue weighted by Crippen LogP contribution is 2.25. The van der Waals surface area contributed by atoms with Crippen LogP contribution in [0.2, 0.25) is 0 Å². The van der Waals surface area contributed by atoms with E-state index in [4.69, 9.17) is 4.98 Å². The number of aryl methyl sites for hydroxylation is 2. The number of nitrogens with one attached hydrogen (secondary N) is 3. The fraction of sp³-hybridized carbons (Fsp3) is 0.192. The van der Waals surface area contributed by atoms with Crippen molar-refractivity contribution in [3.8, 4) is 11.3 Å². The van der Waals surface area contributed by atoms with Crippen LogP contribution < -0.4 is 10.6 Å². The second kappa shape index (κ2) is 10.1. The van der Waals surface area contributed by atoms with Gasteiger partial charge in [-0.25, -0.2) is 9.97 Å². The third kappa shape index (κ3) is 5.10. The zero-order valence-electron chi connectivity index (χ0n) is 18.7. The van der Waals surface area contributed by atoms with Crippen LogP contribution in [0, 0.1) is 6.92 Å². The van der Waals surface area contributed by atoms with Gasteiger partial charge in [-0.1, -0.05) is 55.5 Å². The maximum atomic E-state index is 12.8. The fourth-order valence-corrected chi connectivity index (χ4v) is 3.68. The van der Waals surface area contributed by atoms with E-state index in [1.807, 2.05) is 55.5 Å². The van der Waals surface area contributed by atoms with Crippen LogP contribution in [0.25, 0.3) is 11.3 Å². The molecule has 0 aliphatic carbocycles. The molecule has 2 aromatic heterocycles. The van der Waals surface area contributed by atoms with Gasteiger partial charge in [-0.3, -0.25) is 4.79 Å². The van der Waals surface area contributed by atoms with Crippen LogP contribution in [0.3, 0.4) is 0 Å². The number of anilines is 2. The number of carbonyl (C=O) groups excluding carboxylic acids is 1. The molecule has 4 N–H and O–H groups in total. The lowest BCUT2D eigenvalue weighted by atomic mass is 10.1. The first-order chi connectivity index (χ1) is 16.1. The molecule has 0 saturated heterocycles. The third-order valence-electron chi connectivity index (χ3n) is 5.51. The summed E-state index contributed by atoms with van der Waals surface area (Å²) in [6.45, 7) is 3.85. The summed E-state index contributed by atoms with van der Waals surface area (Å²) in [4.78, 5) is 24.9. The van der Waals surface area contributed by atoms with Gasteiger partial charge in [-0.15, -0.1) is 0 Å².